The predicted octanol–water partition coefficient (Wildman–Crippen LogP) is 1.67. The van der Waals surface area contributed by atoms with Crippen LogP contribution in [0.25, 0.3) is 11.4 Å². The molecule has 0 aliphatic rings. The standard InChI is InChI=1S/C19H25N3O3/c1-3-4-11-20-17(24)13-22-18(15-8-6-5-7-9-15)21-14(2)16(10-12-23)19(22)25/h5-9,23H,3-4,10-13H2,1-2H3,(H,20,24). The minimum Gasteiger partial charge on any atom is -0.396 e. The average Bonchev–Trinajstić information content (AvgIpc) is 2.62. The molecule has 0 atom stereocenters. The second-order valence-electron chi connectivity index (χ2n) is 5.93. The van der Waals surface area contributed by atoms with E-state index < -0.39 is 0 Å². The van der Waals surface area contributed by atoms with E-state index in [4.69, 9.17) is 0 Å². The van der Waals surface area contributed by atoms with Gasteiger partial charge in [0.15, 0.2) is 0 Å². The molecular weight excluding hydrogens is 318 g/mol. The number of rotatable bonds is 8. The van der Waals surface area contributed by atoms with Crippen LogP contribution in [0, 0.1) is 6.92 Å². The Morgan fingerprint density at radius 2 is 2.00 bits per heavy atom. The van der Waals surface area contributed by atoms with Gasteiger partial charge in [-0.2, -0.15) is 0 Å². The molecule has 0 fully saturated rings. The molecule has 1 heterocycles. The third-order valence-corrected chi connectivity index (χ3v) is 4.02. The lowest BCUT2D eigenvalue weighted by molar-refractivity contribution is -0.121. The molecule has 2 N–H and O–H groups in total. The first-order valence-electron chi connectivity index (χ1n) is 8.61. The lowest BCUT2D eigenvalue weighted by Gasteiger charge is -2.15. The summed E-state index contributed by atoms with van der Waals surface area (Å²) >= 11 is 0. The van der Waals surface area contributed by atoms with E-state index in [1.807, 2.05) is 30.3 Å². The molecule has 0 unspecified atom stereocenters. The van der Waals surface area contributed by atoms with Crippen LogP contribution in [0.5, 0.6) is 0 Å². The van der Waals surface area contributed by atoms with Crippen molar-refractivity contribution >= 4 is 5.91 Å². The van der Waals surface area contributed by atoms with Gasteiger partial charge in [-0.05, 0) is 13.3 Å². The van der Waals surface area contributed by atoms with E-state index in [9.17, 15) is 14.7 Å². The first-order valence-corrected chi connectivity index (χ1v) is 8.61. The number of hydrogen-bond acceptors (Lipinski definition) is 4. The van der Waals surface area contributed by atoms with Gasteiger partial charge in [0, 0.05) is 36.4 Å². The summed E-state index contributed by atoms with van der Waals surface area (Å²) in [6.07, 6.45) is 2.11. The number of aromatic nitrogens is 2. The molecule has 1 aromatic heterocycles. The maximum atomic E-state index is 12.9. The van der Waals surface area contributed by atoms with Crippen molar-refractivity contribution in [2.75, 3.05) is 13.2 Å². The SMILES string of the molecule is CCCCNC(=O)Cn1c(-c2ccccc2)nc(C)c(CCO)c1=O. The lowest BCUT2D eigenvalue weighted by Crippen LogP contribution is -2.36. The quantitative estimate of drug-likeness (QED) is 0.714. The Morgan fingerprint density at radius 1 is 1.28 bits per heavy atom. The zero-order valence-corrected chi connectivity index (χ0v) is 14.8. The van der Waals surface area contributed by atoms with Crippen molar-refractivity contribution in [2.24, 2.45) is 0 Å². The number of aliphatic hydroxyl groups excluding tert-OH is 1. The topological polar surface area (TPSA) is 84.2 Å². The van der Waals surface area contributed by atoms with Gasteiger partial charge in [-0.3, -0.25) is 14.2 Å². The Labute approximate surface area is 147 Å². The summed E-state index contributed by atoms with van der Waals surface area (Å²) in [4.78, 5) is 29.6. The first-order chi connectivity index (χ1) is 12.1. The number of nitrogens with zero attached hydrogens (tertiary/aromatic N) is 2. The summed E-state index contributed by atoms with van der Waals surface area (Å²) in [6, 6.07) is 9.33. The van der Waals surface area contributed by atoms with Gasteiger partial charge in [0.2, 0.25) is 5.91 Å². The zero-order chi connectivity index (χ0) is 18.2. The average molecular weight is 343 g/mol. The number of nitrogens with one attached hydrogen (secondary N) is 1. The fourth-order valence-electron chi connectivity index (χ4n) is 2.66. The van der Waals surface area contributed by atoms with Crippen molar-refractivity contribution in [3.63, 3.8) is 0 Å². The van der Waals surface area contributed by atoms with Crippen LogP contribution in [0.4, 0.5) is 0 Å². The molecule has 0 radical (unpaired) electrons. The van der Waals surface area contributed by atoms with Gasteiger partial charge < -0.3 is 10.4 Å². The monoisotopic (exact) mass is 343 g/mol. The largest absolute Gasteiger partial charge is 0.396 e. The lowest BCUT2D eigenvalue weighted by atomic mass is 10.1. The molecule has 1 aromatic carbocycles. The van der Waals surface area contributed by atoms with E-state index in [1.54, 1.807) is 6.92 Å². The smallest absolute Gasteiger partial charge is 0.257 e. The van der Waals surface area contributed by atoms with Crippen molar-refractivity contribution in [2.45, 2.75) is 39.7 Å². The summed E-state index contributed by atoms with van der Waals surface area (Å²) in [6.45, 7) is 4.18. The Morgan fingerprint density at radius 3 is 2.64 bits per heavy atom. The van der Waals surface area contributed by atoms with Crippen molar-refractivity contribution in [3.8, 4) is 11.4 Å². The van der Waals surface area contributed by atoms with E-state index in [-0.39, 0.29) is 31.0 Å². The third-order valence-electron chi connectivity index (χ3n) is 4.02. The van der Waals surface area contributed by atoms with Gasteiger partial charge in [-0.15, -0.1) is 0 Å². The van der Waals surface area contributed by atoms with Gasteiger partial charge in [0.1, 0.15) is 12.4 Å². The van der Waals surface area contributed by atoms with Gasteiger partial charge >= 0.3 is 0 Å². The van der Waals surface area contributed by atoms with Gasteiger partial charge in [-0.1, -0.05) is 43.7 Å². The highest BCUT2D eigenvalue weighted by Crippen LogP contribution is 2.17. The molecule has 134 valence electrons. The van der Waals surface area contributed by atoms with E-state index >= 15 is 0 Å². The van der Waals surface area contributed by atoms with Crippen molar-refractivity contribution in [3.05, 3.63) is 51.9 Å². The van der Waals surface area contributed by atoms with E-state index in [0.29, 0.717) is 23.6 Å². The predicted molar refractivity (Wildman–Crippen MR) is 97.4 cm³/mol. The van der Waals surface area contributed by atoms with Crippen molar-refractivity contribution in [1.82, 2.24) is 14.9 Å². The Kier molecular flexibility index (Phi) is 6.89. The fourth-order valence-corrected chi connectivity index (χ4v) is 2.66. The second kappa shape index (κ2) is 9.13. The summed E-state index contributed by atoms with van der Waals surface area (Å²) in [5.41, 5.74) is 1.54. The molecule has 2 aromatic rings. The van der Waals surface area contributed by atoms with Crippen molar-refractivity contribution in [1.29, 1.82) is 0 Å². The van der Waals surface area contributed by atoms with Gasteiger partial charge in [0.25, 0.3) is 5.56 Å². The number of carbonyl (C=O) groups is 1. The molecule has 0 bridgehead atoms. The molecule has 6 heteroatoms. The molecular formula is C19H25N3O3. The molecule has 0 saturated heterocycles. The number of aliphatic hydroxyl groups is 1. The van der Waals surface area contributed by atoms with E-state index in [0.717, 1.165) is 18.4 Å². The summed E-state index contributed by atoms with van der Waals surface area (Å²) in [5.74, 6) is 0.253. The van der Waals surface area contributed by atoms with Crippen molar-refractivity contribution < 1.29 is 9.90 Å². The van der Waals surface area contributed by atoms with Crippen LogP contribution in [0.1, 0.15) is 31.0 Å². The molecule has 1 amide bonds. The van der Waals surface area contributed by atoms with Crippen LogP contribution in [0.3, 0.4) is 0 Å². The zero-order valence-electron chi connectivity index (χ0n) is 14.8. The number of amides is 1. The molecule has 0 spiro atoms. The van der Waals surface area contributed by atoms with Crippen LogP contribution in [-0.2, 0) is 17.8 Å². The number of aryl methyl sites for hydroxylation is 1. The third kappa shape index (κ3) is 4.76. The summed E-state index contributed by atoms with van der Waals surface area (Å²) < 4.78 is 1.40. The van der Waals surface area contributed by atoms with Crippen LogP contribution in [0.2, 0.25) is 0 Å². The second-order valence-corrected chi connectivity index (χ2v) is 5.93. The molecule has 0 saturated carbocycles. The van der Waals surface area contributed by atoms with Crippen LogP contribution in [0.15, 0.2) is 35.1 Å². The highest BCUT2D eigenvalue weighted by molar-refractivity contribution is 5.76. The van der Waals surface area contributed by atoms with Gasteiger partial charge in [-0.25, -0.2) is 4.98 Å². The summed E-state index contributed by atoms with van der Waals surface area (Å²) in [5, 5.41) is 12.0. The number of unbranched alkanes of at least 4 members (excludes halogenated alkanes) is 1. The minimum absolute atomic E-state index is 0.0848. The minimum atomic E-state index is -0.272. The number of hydrogen-bond donors (Lipinski definition) is 2. The maximum absolute atomic E-state index is 12.9. The van der Waals surface area contributed by atoms with E-state index in [2.05, 4.69) is 17.2 Å². The highest BCUT2D eigenvalue weighted by Gasteiger charge is 2.17. The molecule has 25 heavy (non-hydrogen) atoms. The van der Waals surface area contributed by atoms with E-state index in [1.165, 1.54) is 4.57 Å². The highest BCUT2D eigenvalue weighted by atomic mass is 16.3. The normalized spacial score (nSPS) is 10.7. The Hall–Kier alpha value is -2.47. The molecule has 0 aliphatic heterocycles. The Bertz CT molecular complexity index is 769. The summed E-state index contributed by atoms with van der Waals surface area (Å²) in [7, 11) is 0. The number of benzene rings is 1. The molecule has 6 nitrogen and oxygen atoms in total. The van der Waals surface area contributed by atoms with Crippen LogP contribution < -0.4 is 10.9 Å². The number of carbonyl (C=O) groups excluding carboxylic acids is 1. The first kappa shape index (κ1) is 18.9. The molecule has 2 rings (SSSR count). The van der Waals surface area contributed by atoms with Crippen LogP contribution >= 0.6 is 0 Å². The van der Waals surface area contributed by atoms with Crippen LogP contribution in [-0.4, -0.2) is 33.7 Å². The Balaban J connectivity index is 2.44. The maximum Gasteiger partial charge on any atom is 0.257 e. The van der Waals surface area contributed by atoms with Gasteiger partial charge in [0.05, 0.1) is 0 Å². The molecule has 0 aliphatic carbocycles. The fraction of sp³-hybridized carbons (Fsp3) is 0.421.